The quantitative estimate of drug-likeness (QED) is 0.887. The van der Waals surface area contributed by atoms with Gasteiger partial charge in [-0.05, 0) is 38.3 Å². The second kappa shape index (κ2) is 5.48. The zero-order valence-corrected chi connectivity index (χ0v) is 12.2. The molecule has 21 heavy (non-hydrogen) atoms. The van der Waals surface area contributed by atoms with Gasteiger partial charge in [0.25, 0.3) is 0 Å². The van der Waals surface area contributed by atoms with Crippen LogP contribution in [0.25, 0.3) is 10.9 Å². The fourth-order valence-electron chi connectivity index (χ4n) is 3.31. The maximum Gasteiger partial charge on any atom is 0.323 e. The van der Waals surface area contributed by atoms with Gasteiger partial charge in [-0.15, -0.1) is 0 Å². The van der Waals surface area contributed by atoms with Crippen LogP contribution >= 0.6 is 0 Å². The van der Waals surface area contributed by atoms with Crippen LogP contribution in [0.3, 0.4) is 0 Å². The zero-order chi connectivity index (χ0) is 14.9. The molecule has 0 bridgehead atoms. The molecular formula is C16H21N3O2. The van der Waals surface area contributed by atoms with Crippen molar-refractivity contribution in [2.75, 3.05) is 6.54 Å². The van der Waals surface area contributed by atoms with Crippen LogP contribution in [0.1, 0.15) is 38.6 Å². The molecule has 5 nitrogen and oxygen atoms in total. The van der Waals surface area contributed by atoms with Crippen LogP contribution in [-0.2, 0) is 4.79 Å². The molecule has 1 heterocycles. The van der Waals surface area contributed by atoms with Crippen molar-refractivity contribution in [1.82, 2.24) is 15.1 Å². The van der Waals surface area contributed by atoms with Crippen LogP contribution in [0, 0.1) is 0 Å². The molecule has 2 N–H and O–H groups in total. The molecule has 0 spiro atoms. The minimum absolute atomic E-state index is 0.144. The average molecular weight is 287 g/mol. The van der Waals surface area contributed by atoms with E-state index in [-0.39, 0.29) is 6.04 Å². The number of carboxylic acid groups (broad SMARTS) is 1. The molecular weight excluding hydrogens is 266 g/mol. The second-order valence-corrected chi connectivity index (χ2v) is 5.86. The van der Waals surface area contributed by atoms with Crippen molar-refractivity contribution in [1.29, 1.82) is 0 Å². The molecule has 1 saturated carbocycles. The number of para-hydroxylation sites is 1. The van der Waals surface area contributed by atoms with Crippen molar-refractivity contribution in [3.05, 3.63) is 30.5 Å². The summed E-state index contributed by atoms with van der Waals surface area (Å²) in [4.78, 5) is 11.7. The van der Waals surface area contributed by atoms with Crippen LogP contribution in [0.2, 0.25) is 0 Å². The predicted molar refractivity (Wildman–Crippen MR) is 81.3 cm³/mol. The van der Waals surface area contributed by atoms with Gasteiger partial charge in [-0.25, -0.2) is 0 Å². The first kappa shape index (κ1) is 14.1. The SMILES string of the molecule is CCCNC1(C(=O)O)CCC(n2ncc3ccccc32)C1. The normalized spacial score (nSPS) is 25.5. The van der Waals surface area contributed by atoms with E-state index in [0.29, 0.717) is 12.8 Å². The van der Waals surface area contributed by atoms with Gasteiger partial charge in [0.15, 0.2) is 0 Å². The topological polar surface area (TPSA) is 67.2 Å². The number of fused-ring (bicyclic) bond motifs is 1. The fourth-order valence-corrected chi connectivity index (χ4v) is 3.31. The molecule has 2 atom stereocenters. The molecule has 3 rings (SSSR count). The second-order valence-electron chi connectivity index (χ2n) is 5.86. The van der Waals surface area contributed by atoms with Gasteiger partial charge in [0.2, 0.25) is 0 Å². The van der Waals surface area contributed by atoms with Crippen LogP contribution in [0.4, 0.5) is 0 Å². The number of carbonyl (C=O) groups is 1. The van der Waals surface area contributed by atoms with Gasteiger partial charge in [0.1, 0.15) is 5.54 Å². The third-order valence-corrected chi connectivity index (χ3v) is 4.46. The largest absolute Gasteiger partial charge is 0.480 e. The zero-order valence-electron chi connectivity index (χ0n) is 12.2. The monoisotopic (exact) mass is 287 g/mol. The molecule has 0 aliphatic heterocycles. The molecule has 2 unspecified atom stereocenters. The Morgan fingerprint density at radius 2 is 2.33 bits per heavy atom. The number of aromatic nitrogens is 2. The predicted octanol–water partition coefficient (Wildman–Crippen LogP) is 2.58. The lowest BCUT2D eigenvalue weighted by Gasteiger charge is -2.26. The number of rotatable bonds is 5. The van der Waals surface area contributed by atoms with E-state index < -0.39 is 11.5 Å². The van der Waals surface area contributed by atoms with E-state index in [1.165, 1.54) is 0 Å². The van der Waals surface area contributed by atoms with Gasteiger partial charge < -0.3 is 10.4 Å². The van der Waals surface area contributed by atoms with Gasteiger partial charge in [-0.1, -0.05) is 25.1 Å². The average Bonchev–Trinajstić information content (AvgIpc) is 3.10. The molecule has 0 saturated heterocycles. The van der Waals surface area contributed by atoms with Gasteiger partial charge in [-0.3, -0.25) is 9.48 Å². The Balaban J connectivity index is 1.87. The maximum absolute atomic E-state index is 11.7. The molecule has 1 aromatic heterocycles. The van der Waals surface area contributed by atoms with E-state index in [4.69, 9.17) is 0 Å². The van der Waals surface area contributed by atoms with Crippen LogP contribution in [0.15, 0.2) is 30.5 Å². The Hall–Kier alpha value is -1.88. The third-order valence-electron chi connectivity index (χ3n) is 4.46. The summed E-state index contributed by atoms with van der Waals surface area (Å²) in [6, 6.07) is 8.21. The van der Waals surface area contributed by atoms with Gasteiger partial charge in [0.05, 0.1) is 17.8 Å². The van der Waals surface area contributed by atoms with E-state index in [1.807, 2.05) is 35.1 Å². The van der Waals surface area contributed by atoms with Crippen molar-refractivity contribution in [3.63, 3.8) is 0 Å². The highest BCUT2D eigenvalue weighted by Gasteiger charge is 2.46. The van der Waals surface area contributed by atoms with E-state index in [0.717, 1.165) is 30.3 Å². The number of hydrogen-bond donors (Lipinski definition) is 2. The Morgan fingerprint density at radius 1 is 1.52 bits per heavy atom. The number of hydrogen-bond acceptors (Lipinski definition) is 3. The van der Waals surface area contributed by atoms with Crippen molar-refractivity contribution in [2.24, 2.45) is 0 Å². The first-order chi connectivity index (χ1) is 10.2. The summed E-state index contributed by atoms with van der Waals surface area (Å²) in [7, 11) is 0. The van der Waals surface area contributed by atoms with Gasteiger partial charge in [-0.2, -0.15) is 5.10 Å². The molecule has 1 aliphatic rings. The minimum atomic E-state index is -0.798. The van der Waals surface area contributed by atoms with E-state index >= 15 is 0 Å². The fraction of sp³-hybridized carbons (Fsp3) is 0.500. The number of nitrogens with zero attached hydrogens (tertiary/aromatic N) is 2. The van der Waals surface area contributed by atoms with Crippen LogP contribution in [0.5, 0.6) is 0 Å². The Morgan fingerprint density at radius 3 is 3.10 bits per heavy atom. The first-order valence-electron chi connectivity index (χ1n) is 7.57. The molecule has 1 aliphatic carbocycles. The van der Waals surface area contributed by atoms with Crippen molar-refractivity contribution in [3.8, 4) is 0 Å². The van der Waals surface area contributed by atoms with Crippen molar-refractivity contribution >= 4 is 16.9 Å². The van der Waals surface area contributed by atoms with Crippen molar-refractivity contribution < 1.29 is 9.90 Å². The number of benzene rings is 1. The smallest absolute Gasteiger partial charge is 0.323 e. The summed E-state index contributed by atoms with van der Waals surface area (Å²) in [6.07, 6.45) is 4.88. The first-order valence-corrected chi connectivity index (χ1v) is 7.57. The van der Waals surface area contributed by atoms with Crippen LogP contribution < -0.4 is 5.32 Å². The van der Waals surface area contributed by atoms with E-state index in [2.05, 4.69) is 17.3 Å². The molecule has 1 aromatic carbocycles. The standard InChI is InChI=1S/C16H21N3O2/c1-2-9-17-16(15(20)21)8-7-13(10-16)19-14-6-4-3-5-12(14)11-18-19/h3-6,11,13,17H,2,7-10H2,1H3,(H,20,21). The summed E-state index contributed by atoms with van der Waals surface area (Å²) in [5.41, 5.74) is 0.285. The highest BCUT2D eigenvalue weighted by atomic mass is 16.4. The molecule has 0 radical (unpaired) electrons. The van der Waals surface area contributed by atoms with Gasteiger partial charge in [0, 0.05) is 5.39 Å². The summed E-state index contributed by atoms with van der Waals surface area (Å²) in [6.45, 7) is 2.79. The number of carboxylic acids is 1. The highest BCUT2D eigenvalue weighted by molar-refractivity contribution is 5.80. The molecule has 112 valence electrons. The maximum atomic E-state index is 11.7. The minimum Gasteiger partial charge on any atom is -0.480 e. The lowest BCUT2D eigenvalue weighted by molar-refractivity contribution is -0.144. The number of nitrogens with one attached hydrogen (secondary N) is 1. The summed E-state index contributed by atoms with van der Waals surface area (Å²) in [5.74, 6) is -0.741. The molecule has 1 fully saturated rings. The van der Waals surface area contributed by atoms with Gasteiger partial charge >= 0.3 is 5.97 Å². The molecule has 0 amide bonds. The Bertz CT molecular complexity index is 652. The molecule has 2 aromatic rings. The highest BCUT2D eigenvalue weighted by Crippen LogP contribution is 2.39. The number of aliphatic carboxylic acids is 1. The van der Waals surface area contributed by atoms with Crippen molar-refractivity contribution in [2.45, 2.75) is 44.2 Å². The Labute approximate surface area is 124 Å². The summed E-state index contributed by atoms with van der Waals surface area (Å²) < 4.78 is 1.99. The lowest BCUT2D eigenvalue weighted by atomic mass is 9.97. The third kappa shape index (κ3) is 2.42. The van der Waals surface area contributed by atoms with E-state index in [9.17, 15) is 9.90 Å². The Kier molecular flexibility index (Phi) is 3.68. The molecule has 5 heteroatoms. The summed E-state index contributed by atoms with van der Waals surface area (Å²) in [5, 5.41) is 18.5. The lowest BCUT2D eigenvalue weighted by Crippen LogP contribution is -2.50. The summed E-state index contributed by atoms with van der Waals surface area (Å²) >= 11 is 0. The van der Waals surface area contributed by atoms with E-state index in [1.54, 1.807) is 0 Å². The van der Waals surface area contributed by atoms with Crippen LogP contribution in [-0.4, -0.2) is 32.9 Å².